The predicted molar refractivity (Wildman–Crippen MR) is 89.0 cm³/mol. The number of hydrogen-bond donors (Lipinski definition) is 2. The summed E-state index contributed by atoms with van der Waals surface area (Å²) in [5, 5.41) is 3.23. The van der Waals surface area contributed by atoms with E-state index >= 15 is 0 Å². The highest BCUT2D eigenvalue weighted by molar-refractivity contribution is 7.89. The fourth-order valence-corrected chi connectivity index (χ4v) is 3.49. The molecule has 0 fully saturated rings. The molecule has 0 unspecified atom stereocenters. The molecule has 2 rings (SSSR count). The topological polar surface area (TPSA) is 67.4 Å². The number of unbranched alkanes of at least 4 members (excludes halogenated alkanes) is 3. The molecule has 0 saturated carbocycles. The van der Waals surface area contributed by atoms with Gasteiger partial charge in [0.1, 0.15) is 11.4 Å². The first-order chi connectivity index (χ1) is 10.3. The van der Waals surface area contributed by atoms with Crippen LogP contribution in [-0.2, 0) is 10.0 Å². The molecule has 1 aromatic rings. The van der Waals surface area contributed by atoms with E-state index in [4.69, 9.17) is 4.74 Å². The van der Waals surface area contributed by atoms with Crippen LogP contribution in [0.5, 0.6) is 5.75 Å². The van der Waals surface area contributed by atoms with Gasteiger partial charge >= 0.3 is 0 Å². The smallest absolute Gasteiger partial charge is 0.240 e. The maximum atomic E-state index is 12.3. The Bertz CT molecular complexity index is 612. The lowest BCUT2D eigenvalue weighted by Crippen LogP contribution is -2.40. The van der Waals surface area contributed by atoms with Crippen molar-refractivity contribution in [1.82, 2.24) is 4.72 Å². The Hall–Kier alpha value is -1.27. The molecule has 0 aliphatic carbocycles. The Labute approximate surface area is 133 Å². The van der Waals surface area contributed by atoms with Crippen LogP contribution in [0.1, 0.15) is 46.5 Å². The molecule has 22 heavy (non-hydrogen) atoms. The van der Waals surface area contributed by atoms with Crippen LogP contribution in [0.2, 0.25) is 0 Å². The lowest BCUT2D eigenvalue weighted by atomic mass is 10.1. The molecular formula is C16H26N2O3S. The van der Waals surface area contributed by atoms with Crippen molar-refractivity contribution in [1.29, 1.82) is 0 Å². The Kier molecular flexibility index (Phi) is 5.34. The Morgan fingerprint density at radius 2 is 2.05 bits per heavy atom. The van der Waals surface area contributed by atoms with E-state index in [0.717, 1.165) is 31.4 Å². The molecule has 0 spiro atoms. The minimum absolute atomic E-state index is 0.276. The lowest BCUT2D eigenvalue weighted by molar-refractivity contribution is 0.116. The molecule has 5 nitrogen and oxygen atoms in total. The molecule has 0 aromatic heterocycles. The van der Waals surface area contributed by atoms with Crippen molar-refractivity contribution in [2.75, 3.05) is 18.4 Å². The van der Waals surface area contributed by atoms with Crippen molar-refractivity contribution in [3.05, 3.63) is 18.2 Å². The molecule has 1 aliphatic rings. The summed E-state index contributed by atoms with van der Waals surface area (Å²) in [6.07, 6.45) is 4.19. The van der Waals surface area contributed by atoms with Gasteiger partial charge in [0.15, 0.2) is 0 Å². The van der Waals surface area contributed by atoms with Crippen molar-refractivity contribution in [2.24, 2.45) is 0 Å². The normalized spacial score (nSPS) is 16.5. The second kappa shape index (κ2) is 6.87. The molecule has 1 aliphatic heterocycles. The third-order valence-electron chi connectivity index (χ3n) is 3.67. The number of sulfonamides is 1. The van der Waals surface area contributed by atoms with E-state index in [0.29, 0.717) is 18.8 Å². The van der Waals surface area contributed by atoms with Gasteiger partial charge in [-0.3, -0.25) is 0 Å². The van der Waals surface area contributed by atoms with Gasteiger partial charge in [-0.05, 0) is 38.5 Å². The molecule has 0 amide bonds. The van der Waals surface area contributed by atoms with Crippen LogP contribution >= 0.6 is 0 Å². The van der Waals surface area contributed by atoms with E-state index in [1.165, 1.54) is 0 Å². The first-order valence-corrected chi connectivity index (χ1v) is 9.39. The quantitative estimate of drug-likeness (QED) is 0.756. The summed E-state index contributed by atoms with van der Waals surface area (Å²) in [6, 6.07) is 4.95. The van der Waals surface area contributed by atoms with Gasteiger partial charge in [-0.15, -0.1) is 0 Å². The van der Waals surface area contributed by atoms with Gasteiger partial charge in [0.25, 0.3) is 0 Å². The number of rotatable bonds is 7. The number of anilines is 1. The van der Waals surface area contributed by atoms with Crippen LogP contribution in [0.15, 0.2) is 23.1 Å². The fraction of sp³-hybridized carbons (Fsp3) is 0.625. The molecule has 2 N–H and O–H groups in total. The Morgan fingerprint density at radius 3 is 2.77 bits per heavy atom. The van der Waals surface area contributed by atoms with E-state index in [1.807, 2.05) is 13.8 Å². The van der Waals surface area contributed by atoms with Gasteiger partial charge in [-0.25, -0.2) is 13.1 Å². The van der Waals surface area contributed by atoms with Gasteiger partial charge in [-0.1, -0.05) is 26.2 Å². The molecular weight excluding hydrogens is 300 g/mol. The first-order valence-electron chi connectivity index (χ1n) is 7.91. The van der Waals surface area contributed by atoms with E-state index in [9.17, 15) is 8.42 Å². The Morgan fingerprint density at radius 1 is 1.27 bits per heavy atom. The standard InChI is InChI=1S/C16H26N2O3S/c1-4-5-6-7-10-18-22(19,20)13-8-9-15-14(11-13)17-12-16(2,3)21-15/h8-9,11,17-18H,4-7,10,12H2,1-3H3. The highest BCUT2D eigenvalue weighted by atomic mass is 32.2. The maximum absolute atomic E-state index is 12.3. The van der Waals surface area contributed by atoms with Gasteiger partial charge in [0, 0.05) is 6.54 Å². The first kappa shape index (κ1) is 17.1. The Balaban J connectivity index is 2.03. The van der Waals surface area contributed by atoms with E-state index in [-0.39, 0.29) is 10.5 Å². The molecule has 0 saturated heterocycles. The maximum Gasteiger partial charge on any atom is 0.240 e. The lowest BCUT2D eigenvalue weighted by Gasteiger charge is -2.33. The minimum atomic E-state index is -3.46. The SMILES string of the molecule is CCCCCCNS(=O)(=O)c1ccc2c(c1)NCC(C)(C)O2. The molecule has 1 aromatic carbocycles. The predicted octanol–water partition coefficient (Wildman–Crippen LogP) is 3.13. The summed E-state index contributed by atoms with van der Waals surface area (Å²) in [4.78, 5) is 0.276. The van der Waals surface area contributed by atoms with Crippen LogP contribution in [0.3, 0.4) is 0 Å². The molecule has 0 bridgehead atoms. The van der Waals surface area contributed by atoms with Crippen LogP contribution in [0.4, 0.5) is 5.69 Å². The highest BCUT2D eigenvalue weighted by Gasteiger charge is 2.27. The monoisotopic (exact) mass is 326 g/mol. The summed E-state index contributed by atoms with van der Waals surface area (Å²) in [6.45, 7) is 7.24. The second-order valence-electron chi connectivity index (χ2n) is 6.33. The third kappa shape index (κ3) is 4.36. The summed E-state index contributed by atoms with van der Waals surface area (Å²) in [5.41, 5.74) is 0.443. The zero-order chi connectivity index (χ0) is 16.2. The minimum Gasteiger partial charge on any atom is -0.484 e. The fourth-order valence-electron chi connectivity index (χ4n) is 2.39. The average Bonchev–Trinajstić information content (AvgIpc) is 2.45. The van der Waals surface area contributed by atoms with Crippen molar-refractivity contribution < 1.29 is 13.2 Å². The summed E-state index contributed by atoms with van der Waals surface area (Å²) < 4.78 is 33.1. The third-order valence-corrected chi connectivity index (χ3v) is 5.13. The average molecular weight is 326 g/mol. The van der Waals surface area contributed by atoms with Crippen molar-refractivity contribution >= 4 is 15.7 Å². The van der Waals surface area contributed by atoms with Crippen molar-refractivity contribution in [3.8, 4) is 5.75 Å². The number of benzene rings is 1. The number of fused-ring (bicyclic) bond motifs is 1. The number of nitrogens with one attached hydrogen (secondary N) is 2. The molecule has 124 valence electrons. The van der Waals surface area contributed by atoms with Crippen LogP contribution in [0.25, 0.3) is 0 Å². The van der Waals surface area contributed by atoms with Crippen LogP contribution in [-0.4, -0.2) is 27.1 Å². The van der Waals surface area contributed by atoms with Gasteiger partial charge in [0.05, 0.1) is 17.1 Å². The van der Waals surface area contributed by atoms with Crippen LogP contribution in [0, 0.1) is 0 Å². The molecule has 6 heteroatoms. The van der Waals surface area contributed by atoms with E-state index in [2.05, 4.69) is 17.0 Å². The van der Waals surface area contributed by atoms with E-state index < -0.39 is 10.0 Å². The van der Waals surface area contributed by atoms with Gasteiger partial charge < -0.3 is 10.1 Å². The molecule has 1 heterocycles. The van der Waals surface area contributed by atoms with Gasteiger partial charge in [-0.2, -0.15) is 0 Å². The zero-order valence-electron chi connectivity index (χ0n) is 13.6. The highest BCUT2D eigenvalue weighted by Crippen LogP contribution is 2.34. The van der Waals surface area contributed by atoms with E-state index in [1.54, 1.807) is 18.2 Å². The summed E-state index contributed by atoms with van der Waals surface area (Å²) >= 11 is 0. The van der Waals surface area contributed by atoms with Crippen LogP contribution < -0.4 is 14.8 Å². The number of ether oxygens (including phenoxy) is 1. The van der Waals surface area contributed by atoms with Gasteiger partial charge in [0.2, 0.25) is 10.0 Å². The summed E-state index contributed by atoms with van der Waals surface area (Å²) in [7, 11) is -3.46. The van der Waals surface area contributed by atoms with Crippen molar-refractivity contribution in [3.63, 3.8) is 0 Å². The molecule has 0 atom stereocenters. The second-order valence-corrected chi connectivity index (χ2v) is 8.10. The van der Waals surface area contributed by atoms with Crippen molar-refractivity contribution in [2.45, 2.75) is 57.0 Å². The summed E-state index contributed by atoms with van der Waals surface area (Å²) in [5.74, 6) is 0.693. The molecule has 0 radical (unpaired) electrons. The zero-order valence-corrected chi connectivity index (χ0v) is 14.4. The largest absolute Gasteiger partial charge is 0.484 e. The number of hydrogen-bond acceptors (Lipinski definition) is 4.